The second kappa shape index (κ2) is 9.95. The van der Waals surface area contributed by atoms with E-state index in [1.54, 1.807) is 6.07 Å². The Labute approximate surface area is 181 Å². The van der Waals surface area contributed by atoms with Crippen molar-refractivity contribution in [3.63, 3.8) is 0 Å². The van der Waals surface area contributed by atoms with Gasteiger partial charge in [-0.25, -0.2) is 9.78 Å². The molecule has 29 heavy (non-hydrogen) atoms. The molecule has 0 spiro atoms. The van der Waals surface area contributed by atoms with Gasteiger partial charge in [0.1, 0.15) is 5.82 Å². The predicted octanol–water partition coefficient (Wildman–Crippen LogP) is 6.12. The van der Waals surface area contributed by atoms with Gasteiger partial charge in [0.15, 0.2) is 5.15 Å². The summed E-state index contributed by atoms with van der Waals surface area (Å²) in [6.45, 7) is 2.81. The Bertz CT molecular complexity index is 981. The zero-order chi connectivity index (χ0) is 20.8. The Balaban J connectivity index is 1.89. The fourth-order valence-corrected chi connectivity index (χ4v) is 3.95. The lowest BCUT2D eigenvalue weighted by Crippen LogP contribution is -2.08. The number of ether oxygens (including phenoxy) is 1. The fourth-order valence-electron chi connectivity index (χ4n) is 3.34. The molecule has 0 N–H and O–H groups in total. The van der Waals surface area contributed by atoms with Crippen LogP contribution >= 0.6 is 23.2 Å². The highest BCUT2D eigenvalue weighted by Gasteiger charge is 2.16. The van der Waals surface area contributed by atoms with Crippen molar-refractivity contribution in [2.24, 2.45) is 0 Å². The molecule has 0 saturated heterocycles. The van der Waals surface area contributed by atoms with E-state index in [0.717, 1.165) is 47.5 Å². The second-order valence-corrected chi connectivity index (χ2v) is 7.45. The van der Waals surface area contributed by atoms with Gasteiger partial charge in [0, 0.05) is 13.0 Å². The lowest BCUT2D eigenvalue weighted by Gasteiger charge is -2.12. The SMILES string of the molecule is CCCCc1nc(Cl)c(CCl)n1Cc1ccc(-c2ccccc2C(=O)OC)cc1. The number of carbonyl (C=O) groups excluding carboxylic acids is 1. The van der Waals surface area contributed by atoms with Gasteiger partial charge in [-0.3, -0.25) is 0 Å². The Hall–Kier alpha value is -2.30. The summed E-state index contributed by atoms with van der Waals surface area (Å²) in [5.41, 5.74) is 4.32. The minimum absolute atomic E-state index is 0.322. The standard InChI is InChI=1S/C23H24Cl2N2O2/c1-3-4-9-21-26-22(25)20(14-24)27(21)15-16-10-12-17(13-11-16)18-7-5-6-8-19(18)23(28)29-2/h5-8,10-13H,3-4,9,14-15H2,1-2H3. The Morgan fingerprint density at radius 3 is 2.52 bits per heavy atom. The van der Waals surface area contributed by atoms with E-state index < -0.39 is 0 Å². The highest BCUT2D eigenvalue weighted by molar-refractivity contribution is 6.31. The molecule has 0 atom stereocenters. The van der Waals surface area contributed by atoms with Gasteiger partial charge in [0.05, 0.1) is 24.2 Å². The summed E-state index contributed by atoms with van der Waals surface area (Å²) in [5, 5.41) is 0.481. The van der Waals surface area contributed by atoms with E-state index in [2.05, 4.69) is 28.6 Å². The van der Waals surface area contributed by atoms with E-state index in [9.17, 15) is 4.79 Å². The lowest BCUT2D eigenvalue weighted by atomic mass is 9.98. The number of carbonyl (C=O) groups is 1. The molecule has 0 bridgehead atoms. The number of alkyl halides is 1. The number of halogens is 2. The monoisotopic (exact) mass is 430 g/mol. The molecule has 4 nitrogen and oxygen atoms in total. The van der Waals surface area contributed by atoms with Crippen LogP contribution < -0.4 is 0 Å². The van der Waals surface area contributed by atoms with Crippen molar-refractivity contribution in [1.29, 1.82) is 0 Å². The molecule has 0 fully saturated rings. The number of nitrogens with zero attached hydrogens (tertiary/aromatic N) is 2. The molecule has 0 aliphatic carbocycles. The zero-order valence-corrected chi connectivity index (χ0v) is 18.1. The first kappa shape index (κ1) is 21.4. The second-order valence-electron chi connectivity index (χ2n) is 6.82. The largest absolute Gasteiger partial charge is 0.465 e. The zero-order valence-electron chi connectivity index (χ0n) is 16.6. The third kappa shape index (κ3) is 4.82. The van der Waals surface area contributed by atoms with Crippen molar-refractivity contribution >= 4 is 29.2 Å². The number of hydrogen-bond donors (Lipinski definition) is 0. The van der Waals surface area contributed by atoms with Crippen LogP contribution in [0.25, 0.3) is 11.1 Å². The molecular formula is C23H24Cl2N2O2. The number of unbranched alkanes of at least 4 members (excludes halogenated alkanes) is 1. The first-order chi connectivity index (χ1) is 14.1. The number of esters is 1. The predicted molar refractivity (Wildman–Crippen MR) is 118 cm³/mol. The molecular weight excluding hydrogens is 407 g/mol. The number of hydrogen-bond acceptors (Lipinski definition) is 3. The Morgan fingerprint density at radius 1 is 1.14 bits per heavy atom. The molecule has 0 aliphatic heterocycles. The van der Waals surface area contributed by atoms with E-state index in [0.29, 0.717) is 23.1 Å². The van der Waals surface area contributed by atoms with E-state index in [1.165, 1.54) is 7.11 Å². The van der Waals surface area contributed by atoms with Crippen LogP contribution in [-0.2, 0) is 23.6 Å². The molecule has 6 heteroatoms. The van der Waals surface area contributed by atoms with Crippen LogP contribution in [0.1, 0.15) is 47.2 Å². The molecule has 0 saturated carbocycles. The summed E-state index contributed by atoms with van der Waals surface area (Å²) < 4.78 is 7.01. The maximum absolute atomic E-state index is 12.1. The fraction of sp³-hybridized carbons (Fsp3) is 0.304. The summed E-state index contributed by atoms with van der Waals surface area (Å²) in [4.78, 5) is 16.6. The molecule has 0 unspecified atom stereocenters. The first-order valence-corrected chi connectivity index (χ1v) is 10.6. The molecule has 0 radical (unpaired) electrons. The van der Waals surface area contributed by atoms with E-state index in [1.807, 2.05) is 30.3 Å². The summed E-state index contributed by atoms with van der Waals surface area (Å²) in [6, 6.07) is 15.6. The van der Waals surface area contributed by atoms with Crippen molar-refractivity contribution in [2.45, 2.75) is 38.6 Å². The Kier molecular flexibility index (Phi) is 7.34. The van der Waals surface area contributed by atoms with Gasteiger partial charge in [-0.1, -0.05) is 67.4 Å². The van der Waals surface area contributed by atoms with Gasteiger partial charge in [-0.05, 0) is 29.2 Å². The molecule has 3 aromatic rings. The van der Waals surface area contributed by atoms with Crippen molar-refractivity contribution in [2.75, 3.05) is 7.11 Å². The van der Waals surface area contributed by atoms with Crippen LogP contribution in [0, 0.1) is 0 Å². The third-order valence-electron chi connectivity index (χ3n) is 4.92. The van der Waals surface area contributed by atoms with Crippen molar-refractivity contribution < 1.29 is 9.53 Å². The van der Waals surface area contributed by atoms with Gasteiger partial charge in [0.2, 0.25) is 0 Å². The van der Waals surface area contributed by atoms with E-state index in [-0.39, 0.29) is 5.97 Å². The molecule has 1 heterocycles. The number of methoxy groups -OCH3 is 1. The topological polar surface area (TPSA) is 44.1 Å². The Morgan fingerprint density at radius 2 is 1.86 bits per heavy atom. The molecule has 1 aromatic heterocycles. The highest BCUT2D eigenvalue weighted by Crippen LogP contribution is 2.26. The lowest BCUT2D eigenvalue weighted by molar-refractivity contribution is 0.0601. The minimum atomic E-state index is -0.343. The summed E-state index contributed by atoms with van der Waals surface area (Å²) >= 11 is 12.4. The van der Waals surface area contributed by atoms with Gasteiger partial charge >= 0.3 is 5.97 Å². The molecule has 0 aliphatic rings. The molecule has 2 aromatic carbocycles. The summed E-state index contributed by atoms with van der Waals surface area (Å²) in [5.74, 6) is 0.945. The number of imidazole rings is 1. The molecule has 3 rings (SSSR count). The smallest absolute Gasteiger partial charge is 0.338 e. The summed E-state index contributed by atoms with van der Waals surface area (Å²) in [7, 11) is 1.39. The first-order valence-electron chi connectivity index (χ1n) is 9.65. The number of aromatic nitrogens is 2. The minimum Gasteiger partial charge on any atom is -0.465 e. The van der Waals surface area contributed by atoms with Crippen LogP contribution in [-0.4, -0.2) is 22.6 Å². The van der Waals surface area contributed by atoms with Gasteiger partial charge in [0.25, 0.3) is 0 Å². The van der Waals surface area contributed by atoms with Crippen LogP contribution in [0.3, 0.4) is 0 Å². The number of benzene rings is 2. The van der Waals surface area contributed by atoms with Gasteiger partial charge in [-0.15, -0.1) is 11.6 Å². The highest BCUT2D eigenvalue weighted by atomic mass is 35.5. The maximum Gasteiger partial charge on any atom is 0.338 e. The van der Waals surface area contributed by atoms with Crippen molar-refractivity contribution in [3.05, 3.63) is 76.3 Å². The van der Waals surface area contributed by atoms with E-state index in [4.69, 9.17) is 27.9 Å². The van der Waals surface area contributed by atoms with Crippen LogP contribution in [0.5, 0.6) is 0 Å². The average Bonchev–Trinajstić information content (AvgIpc) is 3.06. The van der Waals surface area contributed by atoms with E-state index >= 15 is 0 Å². The van der Waals surface area contributed by atoms with Crippen LogP contribution in [0.15, 0.2) is 48.5 Å². The van der Waals surface area contributed by atoms with Gasteiger partial charge in [-0.2, -0.15) is 0 Å². The van der Waals surface area contributed by atoms with Gasteiger partial charge < -0.3 is 9.30 Å². The van der Waals surface area contributed by atoms with Crippen LogP contribution in [0.4, 0.5) is 0 Å². The number of aryl methyl sites for hydroxylation is 1. The van der Waals surface area contributed by atoms with Crippen molar-refractivity contribution in [3.8, 4) is 11.1 Å². The van der Waals surface area contributed by atoms with Crippen LogP contribution in [0.2, 0.25) is 5.15 Å². The van der Waals surface area contributed by atoms with Crippen molar-refractivity contribution in [1.82, 2.24) is 9.55 Å². The normalized spacial score (nSPS) is 10.9. The third-order valence-corrected chi connectivity index (χ3v) is 5.48. The maximum atomic E-state index is 12.1. The summed E-state index contributed by atoms with van der Waals surface area (Å²) in [6.07, 6.45) is 3.02. The average molecular weight is 431 g/mol. The molecule has 0 amide bonds. The number of rotatable bonds is 8. The quantitative estimate of drug-likeness (QED) is 0.319. The molecule has 152 valence electrons.